The lowest BCUT2D eigenvalue weighted by atomic mass is 9.44. The zero-order valence-corrected chi connectivity index (χ0v) is 12.5. The molecule has 0 aromatic heterocycles. The molecular formula is C16H24O4. The summed E-state index contributed by atoms with van der Waals surface area (Å²) in [5.74, 6) is -0.00144. The van der Waals surface area contributed by atoms with Gasteiger partial charge in [-0.25, -0.2) is 0 Å². The Morgan fingerprint density at radius 2 is 1.85 bits per heavy atom. The van der Waals surface area contributed by atoms with Crippen molar-refractivity contribution in [3.63, 3.8) is 0 Å². The van der Waals surface area contributed by atoms with Crippen molar-refractivity contribution >= 4 is 11.6 Å². The van der Waals surface area contributed by atoms with Crippen LogP contribution in [0.1, 0.15) is 46.5 Å². The minimum Gasteiger partial charge on any atom is -0.396 e. The molecule has 20 heavy (non-hydrogen) atoms. The third-order valence-electron chi connectivity index (χ3n) is 7.32. The zero-order chi connectivity index (χ0) is 14.9. The molecule has 0 unspecified atom stereocenters. The van der Waals surface area contributed by atoms with E-state index in [4.69, 9.17) is 0 Å². The second-order valence-corrected chi connectivity index (χ2v) is 7.63. The Balaban J connectivity index is 2.24. The molecule has 4 nitrogen and oxygen atoms in total. The Morgan fingerprint density at radius 3 is 2.45 bits per heavy atom. The highest BCUT2D eigenvalue weighted by Gasteiger charge is 2.75. The maximum Gasteiger partial charge on any atom is 0.136 e. The fraction of sp³-hybridized carbons (Fsp3) is 0.875. The van der Waals surface area contributed by atoms with E-state index in [9.17, 15) is 19.8 Å². The third kappa shape index (κ3) is 1.26. The molecule has 4 heteroatoms. The molecule has 3 aliphatic carbocycles. The van der Waals surface area contributed by atoms with E-state index in [0.29, 0.717) is 25.7 Å². The average Bonchev–Trinajstić information content (AvgIpc) is 2.78. The first kappa shape index (κ1) is 14.2. The van der Waals surface area contributed by atoms with Gasteiger partial charge in [0.05, 0.1) is 6.10 Å². The van der Waals surface area contributed by atoms with Crippen LogP contribution in [0.4, 0.5) is 0 Å². The van der Waals surface area contributed by atoms with Gasteiger partial charge in [0, 0.05) is 37.2 Å². The molecule has 0 bridgehead atoms. The molecule has 0 aliphatic heterocycles. The number of aliphatic hydroxyl groups excluding tert-OH is 2. The van der Waals surface area contributed by atoms with Gasteiger partial charge in [-0.1, -0.05) is 20.8 Å². The van der Waals surface area contributed by atoms with E-state index >= 15 is 0 Å². The highest BCUT2D eigenvalue weighted by Crippen LogP contribution is 2.75. The molecule has 0 radical (unpaired) electrons. The van der Waals surface area contributed by atoms with Gasteiger partial charge in [-0.15, -0.1) is 0 Å². The Labute approximate surface area is 119 Å². The van der Waals surface area contributed by atoms with E-state index in [1.807, 2.05) is 20.8 Å². The summed E-state index contributed by atoms with van der Waals surface area (Å²) < 4.78 is 0. The summed E-state index contributed by atoms with van der Waals surface area (Å²) in [7, 11) is 0. The van der Waals surface area contributed by atoms with Crippen LogP contribution in [0.3, 0.4) is 0 Å². The number of rotatable bonds is 1. The first-order chi connectivity index (χ1) is 9.24. The van der Waals surface area contributed by atoms with E-state index in [-0.39, 0.29) is 30.0 Å². The highest BCUT2D eigenvalue weighted by molar-refractivity contribution is 5.90. The molecule has 0 aromatic carbocycles. The van der Waals surface area contributed by atoms with E-state index in [0.717, 1.165) is 0 Å². The van der Waals surface area contributed by atoms with Crippen molar-refractivity contribution in [2.45, 2.75) is 52.6 Å². The predicted molar refractivity (Wildman–Crippen MR) is 72.9 cm³/mol. The number of hydrogen-bond acceptors (Lipinski definition) is 4. The second kappa shape index (κ2) is 3.92. The molecule has 112 valence electrons. The predicted octanol–water partition coefficient (Wildman–Crippen LogP) is 1.33. The molecule has 3 saturated carbocycles. The van der Waals surface area contributed by atoms with Gasteiger partial charge >= 0.3 is 0 Å². The molecule has 0 aromatic rings. The summed E-state index contributed by atoms with van der Waals surface area (Å²) in [6, 6.07) is 0. The number of carbonyl (C=O) groups excluding carboxylic acids is 2. The molecule has 3 fully saturated rings. The summed E-state index contributed by atoms with van der Waals surface area (Å²) in [5, 5.41) is 20.4. The smallest absolute Gasteiger partial charge is 0.136 e. The Morgan fingerprint density at radius 1 is 1.20 bits per heavy atom. The number of aliphatic hydroxyl groups is 2. The van der Waals surface area contributed by atoms with Gasteiger partial charge in [-0.2, -0.15) is 0 Å². The van der Waals surface area contributed by atoms with Crippen LogP contribution in [0, 0.1) is 28.1 Å². The van der Waals surface area contributed by atoms with Gasteiger partial charge in [0.15, 0.2) is 0 Å². The molecule has 0 saturated heterocycles. The second-order valence-electron chi connectivity index (χ2n) is 7.63. The van der Waals surface area contributed by atoms with Crippen LogP contribution in [0.25, 0.3) is 0 Å². The maximum atomic E-state index is 12.5. The number of carbonyl (C=O) groups is 2. The van der Waals surface area contributed by atoms with Gasteiger partial charge in [0.1, 0.15) is 11.6 Å². The molecule has 3 aliphatic rings. The summed E-state index contributed by atoms with van der Waals surface area (Å²) in [6.07, 6.45) is 1.23. The van der Waals surface area contributed by atoms with E-state index < -0.39 is 22.3 Å². The van der Waals surface area contributed by atoms with Crippen LogP contribution in [-0.2, 0) is 9.59 Å². The first-order valence-electron chi connectivity index (χ1n) is 7.57. The van der Waals surface area contributed by atoms with Gasteiger partial charge in [0.2, 0.25) is 0 Å². The summed E-state index contributed by atoms with van der Waals surface area (Å²) in [4.78, 5) is 24.7. The molecular weight excluding hydrogens is 256 g/mol. The molecule has 2 N–H and O–H groups in total. The van der Waals surface area contributed by atoms with Crippen molar-refractivity contribution in [3.8, 4) is 0 Å². The minimum atomic E-state index is -0.611. The number of ketones is 2. The van der Waals surface area contributed by atoms with Crippen molar-refractivity contribution < 1.29 is 19.8 Å². The Bertz CT molecular complexity index is 487. The standard InChI is InChI=1S/C16H24O4/c1-9-12(19)6-15-4-11(18)5-16(15,14(9,3)8-17)7-13(20)10(15)2/h9-10,13,17,20H,4-8H2,1-3H3/t9-,10+,13+,14+,15-,16-/m0/s1. The van der Waals surface area contributed by atoms with Crippen molar-refractivity contribution in [1.29, 1.82) is 0 Å². The molecule has 6 atom stereocenters. The number of hydrogen-bond donors (Lipinski definition) is 2. The van der Waals surface area contributed by atoms with Crippen molar-refractivity contribution in [2.24, 2.45) is 28.1 Å². The first-order valence-corrected chi connectivity index (χ1v) is 7.57. The largest absolute Gasteiger partial charge is 0.396 e. The molecule has 0 heterocycles. The van der Waals surface area contributed by atoms with Crippen LogP contribution in [0.2, 0.25) is 0 Å². The van der Waals surface area contributed by atoms with Crippen LogP contribution in [-0.4, -0.2) is 34.5 Å². The van der Waals surface area contributed by atoms with Gasteiger partial charge in [-0.3, -0.25) is 9.59 Å². The van der Waals surface area contributed by atoms with Gasteiger partial charge in [0.25, 0.3) is 0 Å². The van der Waals surface area contributed by atoms with Gasteiger partial charge < -0.3 is 10.2 Å². The minimum absolute atomic E-state index is 0.0590. The maximum absolute atomic E-state index is 12.5. The monoisotopic (exact) mass is 280 g/mol. The van der Waals surface area contributed by atoms with Crippen LogP contribution in [0.15, 0.2) is 0 Å². The molecule has 3 rings (SSSR count). The molecule has 0 amide bonds. The lowest BCUT2D eigenvalue weighted by molar-refractivity contribution is -0.168. The van der Waals surface area contributed by atoms with E-state index in [1.54, 1.807) is 0 Å². The summed E-state index contributed by atoms with van der Waals surface area (Å²) in [5.41, 5.74) is -1.47. The highest BCUT2D eigenvalue weighted by atomic mass is 16.3. The summed E-state index contributed by atoms with van der Waals surface area (Å²) >= 11 is 0. The topological polar surface area (TPSA) is 74.6 Å². The van der Waals surface area contributed by atoms with Gasteiger partial charge in [-0.05, 0) is 23.2 Å². The van der Waals surface area contributed by atoms with E-state index in [2.05, 4.69) is 0 Å². The fourth-order valence-electron chi connectivity index (χ4n) is 5.79. The average molecular weight is 280 g/mol. The lowest BCUT2D eigenvalue weighted by Gasteiger charge is -2.58. The molecule has 0 spiro atoms. The lowest BCUT2D eigenvalue weighted by Crippen LogP contribution is -2.59. The quantitative estimate of drug-likeness (QED) is 0.760. The van der Waals surface area contributed by atoms with E-state index in [1.165, 1.54) is 0 Å². The summed E-state index contributed by atoms with van der Waals surface area (Å²) in [6.45, 7) is 5.67. The fourth-order valence-corrected chi connectivity index (χ4v) is 5.79. The Hall–Kier alpha value is -0.740. The Kier molecular flexibility index (Phi) is 2.78. The SMILES string of the molecule is C[C@@H]1[C@H](O)C[C@]23CC(=O)C[C@]12CC(=O)[C@H](C)[C@@]3(C)CO. The third-order valence-corrected chi connectivity index (χ3v) is 7.32. The van der Waals surface area contributed by atoms with Crippen LogP contribution in [0.5, 0.6) is 0 Å². The van der Waals surface area contributed by atoms with Crippen LogP contribution < -0.4 is 0 Å². The van der Waals surface area contributed by atoms with Crippen molar-refractivity contribution in [2.75, 3.05) is 6.61 Å². The van der Waals surface area contributed by atoms with Crippen molar-refractivity contribution in [3.05, 3.63) is 0 Å². The van der Waals surface area contributed by atoms with Crippen molar-refractivity contribution in [1.82, 2.24) is 0 Å². The number of Topliss-reactive ketones (excluding diaryl/α,β-unsaturated/α-hetero) is 2. The normalized spacial score (nSPS) is 55.0. The zero-order valence-electron chi connectivity index (χ0n) is 12.5. The van der Waals surface area contributed by atoms with Crippen LogP contribution >= 0.6 is 0 Å².